The van der Waals surface area contributed by atoms with E-state index in [9.17, 15) is 28.0 Å². The molecule has 0 aliphatic carbocycles. The lowest BCUT2D eigenvalue weighted by Crippen LogP contribution is -2.41. The van der Waals surface area contributed by atoms with Gasteiger partial charge in [-0.1, -0.05) is 0 Å². The molecule has 0 bridgehead atoms. The maximum absolute atomic E-state index is 13.9. The van der Waals surface area contributed by atoms with Gasteiger partial charge in [0, 0.05) is 37.0 Å². The third-order valence-corrected chi connectivity index (χ3v) is 5.55. The maximum atomic E-state index is 13.9. The summed E-state index contributed by atoms with van der Waals surface area (Å²) in [6.07, 6.45) is 5.23. The van der Waals surface area contributed by atoms with Gasteiger partial charge in [0.15, 0.2) is 17.0 Å². The second-order valence-corrected chi connectivity index (χ2v) is 8.56. The normalized spacial score (nSPS) is 11.6. The molecule has 0 fully saturated rings. The van der Waals surface area contributed by atoms with Crippen LogP contribution in [0, 0.1) is 6.92 Å². The number of halogens is 2. The lowest BCUT2D eigenvalue weighted by molar-refractivity contribution is -0.118. The molecule has 0 aromatic carbocycles. The third-order valence-electron chi connectivity index (χ3n) is 5.55. The maximum Gasteiger partial charge on any atom is 0.332 e. The summed E-state index contributed by atoms with van der Waals surface area (Å²) in [4.78, 5) is 66.0. The van der Waals surface area contributed by atoms with Gasteiger partial charge in [0.05, 0.1) is 31.0 Å². The molecule has 0 radical (unpaired) electrons. The summed E-state index contributed by atoms with van der Waals surface area (Å²) in [7, 11) is 1.40. The molecule has 0 spiro atoms. The van der Waals surface area contributed by atoms with E-state index in [4.69, 9.17) is 0 Å². The molecule has 192 valence electrons. The Morgan fingerprint density at radius 3 is 2.51 bits per heavy atom. The predicted molar refractivity (Wildman–Crippen MR) is 128 cm³/mol. The standard InChI is InChI=1S/C23H22F2N8O4/c1-12(34)9-33-21(36)19-20(31(4)22(33)37)28-11-32(19)10-18(35)30-17-8-26-7-16(29-17)14-5-15(23(3,24)25)13(2)27-6-14/h5-8,11H,9-10H2,1-4H3,(H,29,30,35). The zero-order chi connectivity index (χ0) is 27.1. The molecule has 4 heterocycles. The van der Waals surface area contributed by atoms with E-state index in [2.05, 4.69) is 25.3 Å². The number of amides is 1. The molecular formula is C23H22F2N8O4. The van der Waals surface area contributed by atoms with Crippen LogP contribution >= 0.6 is 0 Å². The number of carbonyl (C=O) groups is 2. The molecular weight excluding hydrogens is 490 g/mol. The molecule has 0 saturated carbocycles. The highest BCUT2D eigenvalue weighted by molar-refractivity contribution is 5.90. The van der Waals surface area contributed by atoms with Gasteiger partial charge in [-0.3, -0.25) is 33.5 Å². The number of nitrogens with zero attached hydrogens (tertiary/aromatic N) is 7. The highest BCUT2D eigenvalue weighted by atomic mass is 19.3. The lowest BCUT2D eigenvalue weighted by atomic mass is 10.0. The second kappa shape index (κ2) is 9.44. The zero-order valence-corrected chi connectivity index (χ0v) is 20.3. The van der Waals surface area contributed by atoms with Crippen LogP contribution in [-0.2, 0) is 35.6 Å². The highest BCUT2D eigenvalue weighted by Crippen LogP contribution is 2.31. The Bertz CT molecular complexity index is 1670. The number of pyridine rings is 1. The number of rotatable bonds is 7. The Morgan fingerprint density at radius 2 is 1.84 bits per heavy atom. The summed E-state index contributed by atoms with van der Waals surface area (Å²) in [6, 6.07) is 1.27. The summed E-state index contributed by atoms with van der Waals surface area (Å²) >= 11 is 0. The molecule has 0 aliphatic rings. The van der Waals surface area contributed by atoms with E-state index in [-0.39, 0.29) is 46.3 Å². The molecule has 37 heavy (non-hydrogen) atoms. The Balaban J connectivity index is 1.62. The van der Waals surface area contributed by atoms with Crippen molar-refractivity contribution < 1.29 is 18.4 Å². The topological polar surface area (TPSA) is 147 Å². The molecule has 1 N–H and O–H groups in total. The molecule has 0 atom stereocenters. The minimum absolute atomic E-state index is 0.0305. The fourth-order valence-corrected chi connectivity index (χ4v) is 3.82. The van der Waals surface area contributed by atoms with Crippen molar-refractivity contribution >= 4 is 28.7 Å². The van der Waals surface area contributed by atoms with Crippen LogP contribution in [-0.4, -0.2) is 45.3 Å². The Morgan fingerprint density at radius 1 is 1.11 bits per heavy atom. The van der Waals surface area contributed by atoms with Crippen LogP contribution in [0.15, 0.2) is 40.6 Å². The number of hydrogen-bond donors (Lipinski definition) is 1. The second-order valence-electron chi connectivity index (χ2n) is 8.56. The zero-order valence-electron chi connectivity index (χ0n) is 20.3. The van der Waals surface area contributed by atoms with Gasteiger partial charge >= 0.3 is 5.69 Å². The van der Waals surface area contributed by atoms with Crippen LogP contribution in [0.5, 0.6) is 0 Å². The van der Waals surface area contributed by atoms with Crippen molar-refractivity contribution in [2.24, 2.45) is 7.05 Å². The van der Waals surface area contributed by atoms with Gasteiger partial charge in [-0.15, -0.1) is 0 Å². The first-order valence-electron chi connectivity index (χ1n) is 11.0. The summed E-state index contributed by atoms with van der Waals surface area (Å²) in [5.74, 6) is -4.05. The van der Waals surface area contributed by atoms with Crippen molar-refractivity contribution in [2.75, 3.05) is 5.32 Å². The SMILES string of the molecule is CC(=O)Cn1c(=O)c2c(ncn2CC(=O)Nc2cncc(-c3cnc(C)c(C(C)(F)F)c3)n2)n(C)c1=O. The molecule has 4 aromatic rings. The van der Waals surface area contributed by atoms with Crippen molar-refractivity contribution in [3.63, 3.8) is 0 Å². The van der Waals surface area contributed by atoms with Crippen LogP contribution in [0.1, 0.15) is 25.1 Å². The first kappa shape index (κ1) is 25.5. The lowest BCUT2D eigenvalue weighted by Gasteiger charge is -2.14. The van der Waals surface area contributed by atoms with E-state index in [0.717, 1.165) is 16.1 Å². The van der Waals surface area contributed by atoms with Gasteiger partial charge in [0.2, 0.25) is 5.91 Å². The van der Waals surface area contributed by atoms with Gasteiger partial charge in [0.25, 0.3) is 11.5 Å². The van der Waals surface area contributed by atoms with Crippen molar-refractivity contribution in [1.29, 1.82) is 0 Å². The summed E-state index contributed by atoms with van der Waals surface area (Å²) in [5, 5.41) is 2.54. The largest absolute Gasteiger partial charge is 0.332 e. The number of aryl methyl sites for hydroxylation is 2. The third kappa shape index (κ3) is 5.03. The summed E-state index contributed by atoms with van der Waals surface area (Å²) < 4.78 is 31.0. The number of nitrogens with one attached hydrogen (secondary N) is 1. The van der Waals surface area contributed by atoms with E-state index in [1.54, 1.807) is 0 Å². The number of imidazole rings is 1. The first-order chi connectivity index (χ1) is 17.4. The van der Waals surface area contributed by atoms with Crippen LogP contribution in [0.25, 0.3) is 22.4 Å². The van der Waals surface area contributed by atoms with Gasteiger partial charge in [-0.25, -0.2) is 23.5 Å². The minimum Gasteiger partial charge on any atom is -0.315 e. The van der Waals surface area contributed by atoms with Crippen molar-refractivity contribution in [3.05, 3.63) is 63.1 Å². The van der Waals surface area contributed by atoms with E-state index in [1.165, 1.54) is 56.4 Å². The van der Waals surface area contributed by atoms with E-state index >= 15 is 0 Å². The first-order valence-corrected chi connectivity index (χ1v) is 11.0. The van der Waals surface area contributed by atoms with Gasteiger partial charge < -0.3 is 9.88 Å². The summed E-state index contributed by atoms with van der Waals surface area (Å²) in [6.45, 7) is 2.72. The minimum atomic E-state index is -3.10. The van der Waals surface area contributed by atoms with Crippen molar-refractivity contribution in [3.8, 4) is 11.3 Å². The molecule has 0 unspecified atom stereocenters. The van der Waals surface area contributed by atoms with Gasteiger partial charge in [-0.05, 0) is 19.9 Å². The molecule has 4 rings (SSSR count). The molecule has 1 amide bonds. The van der Waals surface area contributed by atoms with E-state index < -0.39 is 29.6 Å². The number of carbonyl (C=O) groups excluding carboxylic acids is 2. The average molecular weight is 512 g/mol. The molecule has 0 aliphatic heterocycles. The monoisotopic (exact) mass is 512 g/mol. The van der Waals surface area contributed by atoms with Crippen molar-refractivity contribution in [1.82, 2.24) is 33.6 Å². The Labute approximate surface area is 207 Å². The van der Waals surface area contributed by atoms with Crippen LogP contribution in [0.4, 0.5) is 14.6 Å². The van der Waals surface area contributed by atoms with Crippen LogP contribution in [0.2, 0.25) is 0 Å². The number of anilines is 1. The van der Waals surface area contributed by atoms with Crippen molar-refractivity contribution in [2.45, 2.75) is 39.8 Å². The Kier molecular flexibility index (Phi) is 6.50. The number of Topliss-reactive ketones (excluding diaryl/α,β-unsaturated/α-hetero) is 1. The molecule has 4 aromatic heterocycles. The average Bonchev–Trinajstić information content (AvgIpc) is 3.23. The van der Waals surface area contributed by atoms with Gasteiger partial charge in [-0.2, -0.15) is 0 Å². The molecule has 12 nitrogen and oxygen atoms in total. The smallest absolute Gasteiger partial charge is 0.315 e. The molecule has 0 saturated heterocycles. The Hall–Kier alpha value is -4.62. The van der Waals surface area contributed by atoms with E-state index in [0.29, 0.717) is 5.56 Å². The van der Waals surface area contributed by atoms with Gasteiger partial charge in [0.1, 0.15) is 12.3 Å². The predicted octanol–water partition coefficient (Wildman–Crippen LogP) is 1.40. The van der Waals surface area contributed by atoms with Crippen LogP contribution in [0.3, 0.4) is 0 Å². The number of fused-ring (bicyclic) bond motifs is 1. The number of ketones is 1. The highest BCUT2D eigenvalue weighted by Gasteiger charge is 2.27. The number of hydrogen-bond acceptors (Lipinski definition) is 8. The fourth-order valence-electron chi connectivity index (χ4n) is 3.82. The van der Waals surface area contributed by atoms with Crippen LogP contribution < -0.4 is 16.6 Å². The summed E-state index contributed by atoms with van der Waals surface area (Å²) in [5.41, 5.74) is -1.000. The number of alkyl halides is 2. The fraction of sp³-hybridized carbons (Fsp3) is 0.304. The van der Waals surface area contributed by atoms with E-state index in [1.807, 2.05) is 0 Å². The quantitative estimate of drug-likeness (QED) is 0.391. The molecule has 14 heteroatoms. The number of aromatic nitrogens is 7.